The quantitative estimate of drug-likeness (QED) is 0.623. The molecule has 1 unspecified atom stereocenters. The van der Waals surface area contributed by atoms with Crippen molar-refractivity contribution in [2.75, 3.05) is 12.8 Å². The molecule has 0 aromatic carbocycles. The van der Waals surface area contributed by atoms with Gasteiger partial charge in [-0.15, -0.1) is 0 Å². The van der Waals surface area contributed by atoms with E-state index < -0.39 is 11.5 Å². The minimum absolute atomic E-state index is 0.227. The van der Waals surface area contributed by atoms with Gasteiger partial charge in [0.05, 0.1) is 0 Å². The molecule has 0 amide bonds. The number of H-pyrrole nitrogens is 1. The first-order valence-electron chi connectivity index (χ1n) is 5.09. The number of hydrogen-bond acceptors (Lipinski definition) is 5. The summed E-state index contributed by atoms with van der Waals surface area (Å²) in [6.45, 7) is 0. The van der Waals surface area contributed by atoms with Crippen LogP contribution in [0.2, 0.25) is 0 Å². The van der Waals surface area contributed by atoms with E-state index in [-0.39, 0.29) is 5.92 Å². The van der Waals surface area contributed by atoms with Gasteiger partial charge in [0.15, 0.2) is 5.16 Å². The highest BCUT2D eigenvalue weighted by atomic mass is 32.2. The standard InChI is InChI=1S/C9H14N4O2S/c1-10-9(7(14)15,6-2-3-6)4-16-8-11-5-12-13-8/h5-6,10H,2-4H2,1H3,(H,14,15)(H,11,12,13). The number of hydrogen-bond donors (Lipinski definition) is 3. The smallest absolute Gasteiger partial charge is 0.325 e. The number of nitrogens with one attached hydrogen (secondary N) is 2. The summed E-state index contributed by atoms with van der Waals surface area (Å²) in [5, 5.41) is 19.4. The van der Waals surface area contributed by atoms with Crippen molar-refractivity contribution < 1.29 is 9.90 Å². The van der Waals surface area contributed by atoms with E-state index in [1.165, 1.54) is 18.1 Å². The fraction of sp³-hybridized carbons (Fsp3) is 0.667. The molecule has 0 radical (unpaired) electrons. The normalized spacial score (nSPS) is 19.3. The molecule has 1 atom stereocenters. The van der Waals surface area contributed by atoms with Crippen LogP contribution in [-0.2, 0) is 4.79 Å². The van der Waals surface area contributed by atoms with Crippen molar-refractivity contribution in [3.63, 3.8) is 0 Å². The molecular formula is C9H14N4O2S. The van der Waals surface area contributed by atoms with Crippen LogP contribution in [0.25, 0.3) is 0 Å². The zero-order valence-electron chi connectivity index (χ0n) is 8.93. The maximum absolute atomic E-state index is 11.4. The van der Waals surface area contributed by atoms with Crippen molar-refractivity contribution in [3.05, 3.63) is 6.33 Å². The summed E-state index contributed by atoms with van der Waals surface area (Å²) in [6.07, 6.45) is 3.37. The maximum Gasteiger partial charge on any atom is 0.325 e. The van der Waals surface area contributed by atoms with Crippen LogP contribution in [0, 0.1) is 5.92 Å². The van der Waals surface area contributed by atoms with E-state index in [9.17, 15) is 9.90 Å². The Kier molecular flexibility index (Phi) is 3.15. The predicted octanol–water partition coefficient (Wildman–Crippen LogP) is 0.350. The minimum atomic E-state index is -0.836. The molecule has 2 rings (SSSR count). The molecular weight excluding hydrogens is 228 g/mol. The molecule has 1 aliphatic carbocycles. The summed E-state index contributed by atoms with van der Waals surface area (Å²) in [5.74, 6) is -0.103. The number of likely N-dealkylation sites (N-methyl/N-ethyl adjacent to an activating group) is 1. The summed E-state index contributed by atoms with van der Waals surface area (Å²) >= 11 is 1.38. The fourth-order valence-corrected chi connectivity index (χ4v) is 2.87. The molecule has 88 valence electrons. The molecule has 1 aliphatic rings. The van der Waals surface area contributed by atoms with E-state index in [1.807, 2.05) is 0 Å². The molecule has 3 N–H and O–H groups in total. The second-order valence-corrected chi connectivity index (χ2v) is 4.84. The summed E-state index contributed by atoms with van der Waals surface area (Å²) in [5.41, 5.74) is -0.836. The lowest BCUT2D eigenvalue weighted by atomic mass is 9.96. The van der Waals surface area contributed by atoms with E-state index in [4.69, 9.17) is 0 Å². The molecule has 1 aromatic rings. The zero-order valence-corrected chi connectivity index (χ0v) is 9.75. The number of aromatic amines is 1. The second kappa shape index (κ2) is 4.42. The summed E-state index contributed by atoms with van der Waals surface area (Å²) in [7, 11) is 1.70. The SMILES string of the molecule is CNC(CSc1ncn[nH]1)(C(=O)O)C1CC1. The van der Waals surface area contributed by atoms with Gasteiger partial charge in [-0.1, -0.05) is 11.8 Å². The van der Waals surface area contributed by atoms with E-state index in [0.29, 0.717) is 10.9 Å². The molecule has 0 spiro atoms. The van der Waals surface area contributed by atoms with E-state index in [1.54, 1.807) is 7.05 Å². The summed E-state index contributed by atoms with van der Waals surface area (Å²) in [4.78, 5) is 15.3. The van der Waals surface area contributed by atoms with E-state index >= 15 is 0 Å². The molecule has 1 aromatic heterocycles. The first-order chi connectivity index (χ1) is 7.69. The maximum atomic E-state index is 11.4. The molecule has 7 heteroatoms. The number of rotatable bonds is 6. The Morgan fingerprint density at radius 1 is 1.81 bits per heavy atom. The first-order valence-corrected chi connectivity index (χ1v) is 6.08. The molecule has 0 bridgehead atoms. The number of carbonyl (C=O) groups is 1. The summed E-state index contributed by atoms with van der Waals surface area (Å²) in [6, 6.07) is 0. The van der Waals surface area contributed by atoms with Crippen molar-refractivity contribution in [1.82, 2.24) is 20.5 Å². The molecule has 1 saturated carbocycles. The lowest BCUT2D eigenvalue weighted by Crippen LogP contribution is -2.54. The number of aromatic nitrogens is 3. The monoisotopic (exact) mass is 242 g/mol. The van der Waals surface area contributed by atoms with Crippen LogP contribution in [0.1, 0.15) is 12.8 Å². The first kappa shape index (κ1) is 11.4. The van der Waals surface area contributed by atoms with Gasteiger partial charge in [0.25, 0.3) is 0 Å². The minimum Gasteiger partial charge on any atom is -0.480 e. The Balaban J connectivity index is 2.04. The highest BCUT2D eigenvalue weighted by molar-refractivity contribution is 7.99. The zero-order chi connectivity index (χ0) is 11.6. The number of thioether (sulfide) groups is 1. The van der Waals surface area contributed by atoms with Gasteiger partial charge >= 0.3 is 5.97 Å². The van der Waals surface area contributed by atoms with Crippen molar-refractivity contribution in [2.45, 2.75) is 23.5 Å². The summed E-state index contributed by atoms with van der Waals surface area (Å²) < 4.78 is 0. The van der Waals surface area contributed by atoms with Gasteiger partial charge in [0.2, 0.25) is 0 Å². The Morgan fingerprint density at radius 2 is 2.56 bits per heavy atom. The Bertz CT molecular complexity index is 366. The highest BCUT2D eigenvalue weighted by Crippen LogP contribution is 2.42. The van der Waals surface area contributed by atoms with Crippen LogP contribution in [0.4, 0.5) is 0 Å². The highest BCUT2D eigenvalue weighted by Gasteiger charge is 2.50. The van der Waals surface area contributed by atoms with Crippen LogP contribution < -0.4 is 5.32 Å². The molecule has 6 nitrogen and oxygen atoms in total. The third-order valence-corrected chi connectivity index (χ3v) is 4.00. The lowest BCUT2D eigenvalue weighted by molar-refractivity contribution is -0.144. The molecule has 16 heavy (non-hydrogen) atoms. The Labute approximate surface area is 97.2 Å². The van der Waals surface area contributed by atoms with Gasteiger partial charge in [-0.05, 0) is 25.8 Å². The topological polar surface area (TPSA) is 90.9 Å². The fourth-order valence-electron chi connectivity index (χ4n) is 1.76. The average Bonchev–Trinajstić information content (AvgIpc) is 2.97. The van der Waals surface area contributed by atoms with Crippen LogP contribution in [0.5, 0.6) is 0 Å². The Morgan fingerprint density at radius 3 is 3.00 bits per heavy atom. The number of nitrogens with zero attached hydrogens (tertiary/aromatic N) is 2. The van der Waals surface area contributed by atoms with Gasteiger partial charge < -0.3 is 10.4 Å². The van der Waals surface area contributed by atoms with Gasteiger partial charge in [-0.25, -0.2) is 4.98 Å². The predicted molar refractivity (Wildman–Crippen MR) is 59.3 cm³/mol. The third kappa shape index (κ3) is 2.05. The number of aliphatic carboxylic acids is 1. The van der Waals surface area contributed by atoms with Gasteiger partial charge in [-0.3, -0.25) is 9.89 Å². The lowest BCUT2D eigenvalue weighted by Gasteiger charge is -2.28. The van der Waals surface area contributed by atoms with Crippen LogP contribution in [0.3, 0.4) is 0 Å². The van der Waals surface area contributed by atoms with Crippen molar-refractivity contribution in [1.29, 1.82) is 0 Å². The average molecular weight is 242 g/mol. The third-order valence-electron chi connectivity index (χ3n) is 2.93. The largest absolute Gasteiger partial charge is 0.480 e. The van der Waals surface area contributed by atoms with Gasteiger partial charge in [0.1, 0.15) is 11.9 Å². The van der Waals surface area contributed by atoms with Crippen LogP contribution >= 0.6 is 11.8 Å². The molecule has 1 heterocycles. The number of carboxylic acid groups (broad SMARTS) is 1. The van der Waals surface area contributed by atoms with Crippen molar-refractivity contribution in [2.24, 2.45) is 5.92 Å². The second-order valence-electron chi connectivity index (χ2n) is 3.88. The van der Waals surface area contributed by atoms with Crippen molar-refractivity contribution in [3.8, 4) is 0 Å². The molecule has 0 saturated heterocycles. The van der Waals surface area contributed by atoms with Gasteiger partial charge in [-0.2, -0.15) is 5.10 Å². The molecule has 1 fully saturated rings. The van der Waals surface area contributed by atoms with Crippen molar-refractivity contribution >= 4 is 17.7 Å². The number of carboxylic acids is 1. The Hall–Kier alpha value is -1.08. The van der Waals surface area contributed by atoms with E-state index in [2.05, 4.69) is 20.5 Å². The van der Waals surface area contributed by atoms with Gasteiger partial charge in [0, 0.05) is 5.75 Å². The van der Waals surface area contributed by atoms with Crippen LogP contribution in [-0.4, -0.2) is 44.6 Å². The molecule has 0 aliphatic heterocycles. The van der Waals surface area contributed by atoms with E-state index in [0.717, 1.165) is 12.8 Å². The van der Waals surface area contributed by atoms with Crippen LogP contribution in [0.15, 0.2) is 11.5 Å².